The quantitative estimate of drug-likeness (QED) is 0.901. The van der Waals surface area contributed by atoms with Crippen LogP contribution in [-0.2, 0) is 6.42 Å². The number of rotatable bonds is 3. The highest BCUT2D eigenvalue weighted by Gasteiger charge is 2.51. The fourth-order valence-corrected chi connectivity index (χ4v) is 6.05. The van der Waals surface area contributed by atoms with E-state index in [1.165, 1.54) is 38.5 Å². The second-order valence-corrected chi connectivity index (χ2v) is 8.20. The average molecular weight is 309 g/mol. The number of hydrogen-bond acceptors (Lipinski definition) is 3. The topological polar surface area (TPSA) is 68.0 Å². The summed E-state index contributed by atoms with van der Waals surface area (Å²) in [4.78, 5) is 16.4. The predicted molar refractivity (Wildman–Crippen MR) is 90.0 cm³/mol. The van der Waals surface area contributed by atoms with Crippen LogP contribution in [0.25, 0.3) is 6.08 Å². The fourth-order valence-electron chi connectivity index (χ4n) is 6.05. The van der Waals surface area contributed by atoms with Gasteiger partial charge in [0.1, 0.15) is 0 Å². The van der Waals surface area contributed by atoms with E-state index < -0.39 is 0 Å². The van der Waals surface area contributed by atoms with E-state index in [9.17, 15) is 4.79 Å². The number of aromatic nitrogens is 1. The van der Waals surface area contributed by atoms with Gasteiger partial charge in [-0.2, -0.15) is 0 Å². The summed E-state index contributed by atoms with van der Waals surface area (Å²) in [5.41, 5.74) is 9.43. The lowest BCUT2D eigenvalue weighted by Crippen LogP contribution is -2.55. The number of primary amides is 1. The minimum atomic E-state index is -0.382. The van der Waals surface area contributed by atoms with E-state index in [-0.39, 0.29) is 11.4 Å². The minimum Gasteiger partial charge on any atom is -0.378 e. The van der Waals surface area contributed by atoms with Gasteiger partial charge in [0.05, 0.1) is 16.9 Å². The van der Waals surface area contributed by atoms with Gasteiger partial charge in [0.2, 0.25) is 0 Å². The molecule has 0 aliphatic heterocycles. The van der Waals surface area contributed by atoms with Crippen molar-refractivity contribution in [3.63, 3.8) is 0 Å². The van der Waals surface area contributed by atoms with Crippen LogP contribution in [-0.4, -0.2) is 16.4 Å². The summed E-state index contributed by atoms with van der Waals surface area (Å²) in [6.45, 7) is 0. The summed E-state index contributed by atoms with van der Waals surface area (Å²) < 4.78 is 0. The lowest BCUT2D eigenvalue weighted by Gasteiger charge is -2.57. The first-order valence-electron chi connectivity index (χ1n) is 8.88. The molecule has 1 amide bonds. The Hall–Kier alpha value is -1.84. The molecule has 4 heteroatoms. The van der Waals surface area contributed by atoms with E-state index in [4.69, 9.17) is 5.73 Å². The van der Waals surface area contributed by atoms with Crippen molar-refractivity contribution in [1.82, 2.24) is 4.98 Å². The number of fused-ring (bicyclic) bond motifs is 1. The molecule has 1 aromatic rings. The largest absolute Gasteiger partial charge is 0.378 e. The van der Waals surface area contributed by atoms with Crippen LogP contribution in [0, 0.1) is 17.8 Å². The maximum Gasteiger partial charge on any atom is 0.252 e. The smallest absolute Gasteiger partial charge is 0.252 e. The zero-order chi connectivity index (χ0) is 15.6. The third-order valence-corrected chi connectivity index (χ3v) is 6.49. The highest BCUT2D eigenvalue weighted by molar-refractivity contribution is 6.00. The summed E-state index contributed by atoms with van der Waals surface area (Å²) in [6.07, 6.45) is 14.7. The van der Waals surface area contributed by atoms with Gasteiger partial charge in [-0.25, -0.2) is 0 Å². The molecule has 0 spiro atoms. The Bertz CT molecular complexity index is 686. The van der Waals surface area contributed by atoms with Crippen LogP contribution in [0.3, 0.4) is 0 Å². The van der Waals surface area contributed by atoms with Gasteiger partial charge in [-0.1, -0.05) is 12.2 Å². The Morgan fingerprint density at radius 3 is 2.43 bits per heavy atom. The molecule has 6 rings (SSSR count). The summed E-state index contributed by atoms with van der Waals surface area (Å²) in [6, 6.07) is 0. The van der Waals surface area contributed by atoms with Gasteiger partial charge in [0.25, 0.3) is 5.91 Å². The van der Waals surface area contributed by atoms with Crippen molar-refractivity contribution >= 4 is 17.7 Å². The van der Waals surface area contributed by atoms with E-state index in [1.54, 1.807) is 6.20 Å². The van der Waals surface area contributed by atoms with E-state index >= 15 is 0 Å². The number of nitrogens with one attached hydrogen (secondary N) is 1. The zero-order valence-corrected chi connectivity index (χ0v) is 13.3. The number of carbonyl (C=O) groups is 1. The summed E-state index contributed by atoms with van der Waals surface area (Å²) in [5, 5.41) is 3.84. The molecule has 120 valence electrons. The van der Waals surface area contributed by atoms with Crippen LogP contribution in [0.5, 0.6) is 0 Å². The second-order valence-electron chi connectivity index (χ2n) is 8.20. The average Bonchev–Trinajstić information content (AvgIpc) is 2.94. The Kier molecular flexibility index (Phi) is 2.71. The SMILES string of the molecule is NC(=O)c1cnc2c(c1NC13CC4CC(CC(C4)C1)C3)C=CC2. The highest BCUT2D eigenvalue weighted by atomic mass is 16.1. The number of amides is 1. The Morgan fingerprint density at radius 2 is 1.83 bits per heavy atom. The van der Waals surface area contributed by atoms with Crippen molar-refractivity contribution in [2.75, 3.05) is 5.32 Å². The van der Waals surface area contributed by atoms with Gasteiger partial charge in [0, 0.05) is 23.7 Å². The van der Waals surface area contributed by atoms with Crippen molar-refractivity contribution in [2.45, 2.75) is 50.5 Å². The number of pyridine rings is 1. The van der Waals surface area contributed by atoms with Gasteiger partial charge in [0.15, 0.2) is 0 Å². The Balaban J connectivity index is 1.57. The fraction of sp³-hybridized carbons (Fsp3) is 0.579. The molecule has 4 saturated carbocycles. The Labute approximate surface area is 136 Å². The molecule has 4 fully saturated rings. The van der Waals surface area contributed by atoms with Gasteiger partial charge in [-0.05, 0) is 56.3 Å². The molecule has 4 nitrogen and oxygen atoms in total. The van der Waals surface area contributed by atoms with Crippen molar-refractivity contribution in [2.24, 2.45) is 23.5 Å². The van der Waals surface area contributed by atoms with Gasteiger partial charge in [-0.15, -0.1) is 0 Å². The molecule has 5 aliphatic rings. The molecular formula is C19H23N3O. The molecule has 0 atom stereocenters. The molecule has 0 unspecified atom stereocenters. The molecule has 0 aromatic carbocycles. The van der Waals surface area contributed by atoms with Gasteiger partial charge < -0.3 is 11.1 Å². The summed E-state index contributed by atoms with van der Waals surface area (Å²) in [5.74, 6) is 2.23. The number of carbonyl (C=O) groups excluding carboxylic acids is 1. The third-order valence-electron chi connectivity index (χ3n) is 6.49. The second kappa shape index (κ2) is 4.59. The van der Waals surface area contributed by atoms with Crippen LogP contribution in [0.1, 0.15) is 60.1 Å². The lowest BCUT2D eigenvalue weighted by molar-refractivity contribution is 0.0107. The summed E-state index contributed by atoms with van der Waals surface area (Å²) >= 11 is 0. The van der Waals surface area contributed by atoms with E-state index in [2.05, 4.69) is 22.5 Å². The molecule has 5 aliphatic carbocycles. The standard InChI is InChI=1S/C19H23N3O/c20-18(23)15-10-21-16-3-1-2-14(16)17(15)22-19-7-11-4-12(8-19)6-13(5-11)9-19/h1-2,10-13H,3-9H2,(H2,20,23)(H,21,22). The number of anilines is 1. The normalized spacial score (nSPS) is 36.3. The zero-order valence-electron chi connectivity index (χ0n) is 13.3. The molecule has 0 radical (unpaired) electrons. The lowest BCUT2D eigenvalue weighted by atomic mass is 9.53. The minimum absolute atomic E-state index is 0.171. The van der Waals surface area contributed by atoms with Crippen molar-refractivity contribution < 1.29 is 4.79 Å². The molecule has 3 N–H and O–H groups in total. The van der Waals surface area contributed by atoms with Crippen molar-refractivity contribution in [1.29, 1.82) is 0 Å². The first-order valence-corrected chi connectivity index (χ1v) is 8.88. The maximum atomic E-state index is 11.9. The monoisotopic (exact) mass is 309 g/mol. The molecule has 1 heterocycles. The summed E-state index contributed by atoms with van der Waals surface area (Å²) in [7, 11) is 0. The van der Waals surface area contributed by atoms with Crippen molar-refractivity contribution in [3.05, 3.63) is 29.1 Å². The first-order chi connectivity index (χ1) is 11.1. The molecule has 1 aromatic heterocycles. The van der Waals surface area contributed by atoms with E-state index in [0.717, 1.165) is 41.1 Å². The Morgan fingerprint density at radius 1 is 1.17 bits per heavy atom. The van der Waals surface area contributed by atoms with Crippen LogP contribution >= 0.6 is 0 Å². The number of allylic oxidation sites excluding steroid dienone is 1. The van der Waals surface area contributed by atoms with Crippen LogP contribution in [0.4, 0.5) is 5.69 Å². The van der Waals surface area contributed by atoms with Crippen LogP contribution in [0.15, 0.2) is 12.3 Å². The number of nitrogens with two attached hydrogens (primary N) is 1. The predicted octanol–water partition coefficient (Wildman–Crippen LogP) is 3.13. The molecule has 4 bridgehead atoms. The van der Waals surface area contributed by atoms with Crippen LogP contribution < -0.4 is 11.1 Å². The molecule has 0 saturated heterocycles. The van der Waals surface area contributed by atoms with Gasteiger partial charge >= 0.3 is 0 Å². The molecular weight excluding hydrogens is 286 g/mol. The van der Waals surface area contributed by atoms with E-state index in [0.29, 0.717) is 5.56 Å². The highest BCUT2D eigenvalue weighted by Crippen LogP contribution is 2.57. The third kappa shape index (κ3) is 2.03. The van der Waals surface area contributed by atoms with Gasteiger partial charge in [-0.3, -0.25) is 9.78 Å². The van der Waals surface area contributed by atoms with Crippen molar-refractivity contribution in [3.8, 4) is 0 Å². The number of nitrogens with zero attached hydrogens (tertiary/aromatic N) is 1. The number of hydrogen-bond donors (Lipinski definition) is 2. The van der Waals surface area contributed by atoms with E-state index in [1.807, 2.05) is 0 Å². The molecule has 23 heavy (non-hydrogen) atoms. The van der Waals surface area contributed by atoms with Crippen LogP contribution in [0.2, 0.25) is 0 Å². The first kappa shape index (κ1) is 13.6. The maximum absolute atomic E-state index is 11.9.